The van der Waals surface area contributed by atoms with Gasteiger partial charge in [0.15, 0.2) is 0 Å². The van der Waals surface area contributed by atoms with Crippen molar-refractivity contribution in [2.75, 3.05) is 23.6 Å². The number of benzene rings is 1. The second-order valence-electron chi connectivity index (χ2n) is 4.38. The first kappa shape index (κ1) is 16.3. The lowest BCUT2D eigenvalue weighted by molar-refractivity contribution is 0.598. The number of sulfone groups is 1. The molecule has 0 aliphatic heterocycles. The molecule has 0 saturated heterocycles. The summed E-state index contributed by atoms with van der Waals surface area (Å²) in [5.41, 5.74) is 7.30. The predicted molar refractivity (Wildman–Crippen MR) is 86.9 cm³/mol. The van der Waals surface area contributed by atoms with Gasteiger partial charge in [-0.2, -0.15) is 0 Å². The van der Waals surface area contributed by atoms with Crippen LogP contribution in [0, 0.1) is 0 Å². The van der Waals surface area contributed by atoms with E-state index >= 15 is 0 Å². The number of anilines is 1. The highest BCUT2D eigenvalue weighted by molar-refractivity contribution is 7.98. The number of thioether (sulfide) groups is 1. The summed E-state index contributed by atoms with van der Waals surface area (Å²) in [5.74, 6) is 0.0628. The Hall–Kier alpha value is -0.790. The molecular weight excluding hydrogens is 300 g/mol. The Morgan fingerprint density at radius 2 is 2.16 bits per heavy atom. The zero-order valence-corrected chi connectivity index (χ0v) is 13.6. The predicted octanol–water partition coefficient (Wildman–Crippen LogP) is 1.89. The highest BCUT2D eigenvalue weighted by Gasteiger charge is 2.15. The van der Waals surface area contributed by atoms with Crippen molar-refractivity contribution in [2.45, 2.75) is 17.9 Å². The lowest BCUT2D eigenvalue weighted by Crippen LogP contribution is -2.26. The van der Waals surface area contributed by atoms with Gasteiger partial charge in [0.2, 0.25) is 0 Å². The molecule has 0 aliphatic rings. The molecule has 0 radical (unpaired) electrons. The normalized spacial score (nSPS) is 13.0. The van der Waals surface area contributed by atoms with E-state index in [1.165, 1.54) is 6.26 Å². The molecule has 1 aromatic carbocycles. The zero-order valence-electron chi connectivity index (χ0n) is 11.1. The maximum atomic E-state index is 11.3. The molecule has 1 rings (SSSR count). The second kappa shape index (κ2) is 6.58. The van der Waals surface area contributed by atoms with Crippen LogP contribution in [0.15, 0.2) is 23.1 Å². The molecule has 0 bridgehead atoms. The van der Waals surface area contributed by atoms with E-state index in [0.29, 0.717) is 4.99 Å². The summed E-state index contributed by atoms with van der Waals surface area (Å²) in [6, 6.07) is 5.47. The van der Waals surface area contributed by atoms with Gasteiger partial charge in [-0.15, -0.1) is 11.8 Å². The summed E-state index contributed by atoms with van der Waals surface area (Å²) < 4.78 is 22.6. The third-order valence-electron chi connectivity index (χ3n) is 2.45. The average Bonchev–Trinajstić information content (AvgIpc) is 2.25. The molecule has 19 heavy (non-hydrogen) atoms. The van der Waals surface area contributed by atoms with Crippen molar-refractivity contribution >= 4 is 44.5 Å². The van der Waals surface area contributed by atoms with E-state index in [1.54, 1.807) is 11.8 Å². The van der Waals surface area contributed by atoms with Gasteiger partial charge in [-0.3, -0.25) is 0 Å². The Balaban J connectivity index is 3.04. The van der Waals surface area contributed by atoms with E-state index < -0.39 is 9.84 Å². The smallest absolute Gasteiger partial charge is 0.149 e. The molecule has 0 saturated carbocycles. The molecule has 1 atom stereocenters. The fourth-order valence-electron chi connectivity index (χ4n) is 1.84. The third-order valence-corrected chi connectivity index (χ3v) is 4.54. The summed E-state index contributed by atoms with van der Waals surface area (Å²) in [4.78, 5) is 1.28. The summed E-state index contributed by atoms with van der Waals surface area (Å²) in [7, 11) is -3.02. The Morgan fingerprint density at radius 3 is 2.63 bits per heavy atom. The van der Waals surface area contributed by atoms with Crippen LogP contribution in [0.3, 0.4) is 0 Å². The number of hydrogen-bond acceptors (Lipinski definition) is 5. The Kier molecular flexibility index (Phi) is 5.64. The highest BCUT2D eigenvalue weighted by Crippen LogP contribution is 2.27. The molecule has 0 spiro atoms. The third kappa shape index (κ3) is 5.00. The highest BCUT2D eigenvalue weighted by atomic mass is 32.2. The van der Waals surface area contributed by atoms with Crippen molar-refractivity contribution in [2.24, 2.45) is 5.73 Å². The van der Waals surface area contributed by atoms with Gasteiger partial charge >= 0.3 is 0 Å². The number of hydrogen-bond donors (Lipinski definition) is 2. The minimum absolute atomic E-state index is 0.0628. The van der Waals surface area contributed by atoms with Crippen molar-refractivity contribution in [1.29, 1.82) is 0 Å². The Bertz CT molecular complexity index is 570. The fourth-order valence-corrected chi connectivity index (χ4v) is 3.75. The summed E-state index contributed by atoms with van der Waals surface area (Å²) in [6.07, 6.45) is 3.17. The van der Waals surface area contributed by atoms with Gasteiger partial charge < -0.3 is 11.1 Å². The Labute approximate surface area is 124 Å². The average molecular weight is 318 g/mol. The standard InChI is InChI=1S/C12H18N2O2S3/c1-8(7-19(3,15)16)14-9-5-4-6-10(18-2)11(9)12(13)17/h4-6,8,14H,7H2,1-3H3,(H2,13,17). The molecule has 0 fully saturated rings. The van der Waals surface area contributed by atoms with E-state index in [2.05, 4.69) is 5.32 Å². The molecule has 0 aromatic heterocycles. The first-order valence-corrected chi connectivity index (χ1v) is 9.35. The maximum Gasteiger partial charge on any atom is 0.149 e. The van der Waals surface area contributed by atoms with Gasteiger partial charge in [0.25, 0.3) is 0 Å². The van der Waals surface area contributed by atoms with Crippen molar-refractivity contribution in [3.05, 3.63) is 23.8 Å². The van der Waals surface area contributed by atoms with Crippen molar-refractivity contribution in [3.63, 3.8) is 0 Å². The molecule has 3 N–H and O–H groups in total. The first-order chi connectivity index (χ1) is 8.74. The number of nitrogens with two attached hydrogens (primary N) is 1. The van der Waals surface area contributed by atoms with Gasteiger partial charge in [0.1, 0.15) is 14.8 Å². The van der Waals surface area contributed by atoms with Crippen LogP contribution in [0.25, 0.3) is 0 Å². The van der Waals surface area contributed by atoms with E-state index in [9.17, 15) is 8.42 Å². The van der Waals surface area contributed by atoms with Crippen LogP contribution < -0.4 is 11.1 Å². The van der Waals surface area contributed by atoms with Crippen LogP contribution in [0.1, 0.15) is 12.5 Å². The maximum absolute atomic E-state index is 11.3. The quantitative estimate of drug-likeness (QED) is 0.616. The van der Waals surface area contributed by atoms with Gasteiger partial charge in [0, 0.05) is 28.4 Å². The molecule has 4 nitrogen and oxygen atoms in total. The van der Waals surface area contributed by atoms with Gasteiger partial charge in [-0.05, 0) is 25.3 Å². The summed E-state index contributed by atoms with van der Waals surface area (Å²) in [6.45, 7) is 1.82. The van der Waals surface area contributed by atoms with E-state index in [-0.39, 0.29) is 11.8 Å². The van der Waals surface area contributed by atoms with Crippen LogP contribution >= 0.6 is 24.0 Å². The lowest BCUT2D eigenvalue weighted by Gasteiger charge is -2.18. The number of rotatable bonds is 6. The van der Waals surface area contributed by atoms with Crippen LogP contribution in [-0.4, -0.2) is 37.7 Å². The van der Waals surface area contributed by atoms with Gasteiger partial charge in [-0.25, -0.2) is 8.42 Å². The molecule has 1 unspecified atom stereocenters. The van der Waals surface area contributed by atoms with E-state index in [1.807, 2.05) is 31.4 Å². The van der Waals surface area contributed by atoms with Crippen LogP contribution in [-0.2, 0) is 9.84 Å². The monoisotopic (exact) mass is 318 g/mol. The minimum atomic E-state index is -3.02. The first-order valence-electron chi connectivity index (χ1n) is 5.65. The van der Waals surface area contributed by atoms with Crippen LogP contribution in [0.4, 0.5) is 5.69 Å². The van der Waals surface area contributed by atoms with E-state index in [4.69, 9.17) is 18.0 Å². The number of nitrogens with one attached hydrogen (secondary N) is 1. The van der Waals surface area contributed by atoms with E-state index in [0.717, 1.165) is 16.1 Å². The molecule has 0 aliphatic carbocycles. The topological polar surface area (TPSA) is 72.2 Å². The van der Waals surface area contributed by atoms with Gasteiger partial charge in [-0.1, -0.05) is 18.3 Å². The Morgan fingerprint density at radius 1 is 1.53 bits per heavy atom. The molecule has 106 valence electrons. The van der Waals surface area contributed by atoms with Crippen LogP contribution in [0.5, 0.6) is 0 Å². The van der Waals surface area contributed by atoms with Gasteiger partial charge in [0.05, 0.1) is 5.75 Å². The molecule has 0 heterocycles. The van der Waals surface area contributed by atoms with Crippen molar-refractivity contribution in [1.82, 2.24) is 0 Å². The summed E-state index contributed by atoms with van der Waals surface area (Å²) in [5, 5.41) is 3.16. The second-order valence-corrected chi connectivity index (χ2v) is 7.86. The molecule has 7 heteroatoms. The minimum Gasteiger partial charge on any atom is -0.389 e. The molecule has 1 aromatic rings. The number of thiocarbonyl (C=S) groups is 1. The SMILES string of the molecule is CSc1cccc(NC(C)CS(C)(=O)=O)c1C(N)=S. The molecular formula is C12H18N2O2S3. The van der Waals surface area contributed by atoms with Crippen LogP contribution in [0.2, 0.25) is 0 Å². The zero-order chi connectivity index (χ0) is 14.6. The summed E-state index contributed by atoms with van der Waals surface area (Å²) >= 11 is 6.62. The lowest BCUT2D eigenvalue weighted by atomic mass is 10.1. The fraction of sp³-hybridized carbons (Fsp3) is 0.417. The molecule has 0 amide bonds. The van der Waals surface area contributed by atoms with Crippen molar-refractivity contribution in [3.8, 4) is 0 Å². The van der Waals surface area contributed by atoms with Crippen molar-refractivity contribution < 1.29 is 8.42 Å². The largest absolute Gasteiger partial charge is 0.389 e.